The van der Waals surface area contributed by atoms with E-state index >= 15 is 0 Å². The highest BCUT2D eigenvalue weighted by Gasteiger charge is 2.17. The Morgan fingerprint density at radius 3 is 2.67 bits per heavy atom. The van der Waals surface area contributed by atoms with Gasteiger partial charge in [-0.1, -0.05) is 23.7 Å². The summed E-state index contributed by atoms with van der Waals surface area (Å²) in [7, 11) is 0. The highest BCUT2D eigenvalue weighted by molar-refractivity contribution is 6.31. The number of nitrogens with two attached hydrogens (primary N) is 1. The van der Waals surface area contributed by atoms with E-state index < -0.39 is 0 Å². The largest absolute Gasteiger partial charge is 0.398 e. The van der Waals surface area contributed by atoms with Crippen molar-refractivity contribution in [2.24, 2.45) is 0 Å². The fourth-order valence-corrected chi connectivity index (χ4v) is 2.83. The average molecular weight is 300 g/mol. The molecule has 108 valence electrons. The van der Waals surface area contributed by atoms with Crippen LogP contribution in [-0.4, -0.2) is 9.55 Å². The first-order chi connectivity index (χ1) is 9.99. The smallest absolute Gasteiger partial charge is 0.143 e. The number of aromatic nitrogens is 2. The number of fused-ring (bicyclic) bond motifs is 1. The van der Waals surface area contributed by atoms with Crippen molar-refractivity contribution in [3.8, 4) is 11.4 Å². The van der Waals surface area contributed by atoms with Crippen molar-refractivity contribution in [2.75, 3.05) is 5.73 Å². The van der Waals surface area contributed by atoms with E-state index in [1.54, 1.807) is 0 Å². The van der Waals surface area contributed by atoms with E-state index in [1.807, 2.05) is 43.3 Å². The molecular formula is C17H18ClN3. The maximum absolute atomic E-state index is 6.26. The molecule has 0 aliphatic heterocycles. The molecule has 0 saturated carbocycles. The van der Waals surface area contributed by atoms with Gasteiger partial charge in [0.05, 0.1) is 11.0 Å². The molecule has 0 amide bonds. The average Bonchev–Trinajstić information content (AvgIpc) is 2.80. The lowest BCUT2D eigenvalue weighted by Crippen LogP contribution is -2.05. The summed E-state index contributed by atoms with van der Waals surface area (Å²) in [6, 6.07) is 12.1. The molecule has 21 heavy (non-hydrogen) atoms. The van der Waals surface area contributed by atoms with Gasteiger partial charge < -0.3 is 10.3 Å². The number of nitrogen functional groups attached to an aromatic ring is 1. The third-order valence-corrected chi connectivity index (χ3v) is 3.97. The van der Waals surface area contributed by atoms with Crippen LogP contribution in [0.1, 0.15) is 25.5 Å². The molecule has 0 fully saturated rings. The van der Waals surface area contributed by atoms with E-state index in [9.17, 15) is 0 Å². The Bertz CT molecular complexity index is 818. The number of hydrogen-bond acceptors (Lipinski definition) is 2. The molecule has 0 bridgehead atoms. The molecule has 0 aliphatic rings. The summed E-state index contributed by atoms with van der Waals surface area (Å²) < 4.78 is 2.21. The maximum atomic E-state index is 6.26. The molecule has 1 aromatic heterocycles. The Kier molecular flexibility index (Phi) is 3.38. The molecule has 0 aliphatic carbocycles. The Hall–Kier alpha value is -2.00. The summed E-state index contributed by atoms with van der Waals surface area (Å²) in [5.41, 5.74) is 11.0. The van der Waals surface area contributed by atoms with Crippen LogP contribution in [-0.2, 0) is 0 Å². The lowest BCUT2D eigenvalue weighted by atomic mass is 10.1. The number of rotatable bonds is 2. The summed E-state index contributed by atoms with van der Waals surface area (Å²) in [5, 5.41) is 0.694. The molecule has 3 rings (SSSR count). The van der Waals surface area contributed by atoms with E-state index in [0.29, 0.717) is 5.02 Å². The Labute approximate surface area is 129 Å². The molecule has 2 N–H and O–H groups in total. The predicted octanol–water partition coefficient (Wildman–Crippen LogP) is 4.83. The second kappa shape index (κ2) is 5.08. The van der Waals surface area contributed by atoms with Crippen molar-refractivity contribution in [1.29, 1.82) is 0 Å². The minimum Gasteiger partial charge on any atom is -0.398 e. The van der Waals surface area contributed by atoms with Crippen LogP contribution in [0.25, 0.3) is 22.4 Å². The number of imidazole rings is 1. The van der Waals surface area contributed by atoms with Crippen molar-refractivity contribution >= 4 is 28.3 Å². The molecule has 0 spiro atoms. The maximum Gasteiger partial charge on any atom is 0.143 e. The van der Waals surface area contributed by atoms with E-state index in [2.05, 4.69) is 18.4 Å². The summed E-state index contributed by atoms with van der Waals surface area (Å²) in [6.45, 7) is 6.30. The van der Waals surface area contributed by atoms with Gasteiger partial charge in [-0.05, 0) is 50.6 Å². The first kappa shape index (κ1) is 14.0. The monoisotopic (exact) mass is 299 g/mol. The van der Waals surface area contributed by atoms with Gasteiger partial charge in [0, 0.05) is 22.3 Å². The van der Waals surface area contributed by atoms with E-state index in [4.69, 9.17) is 22.3 Å². The first-order valence-electron chi connectivity index (χ1n) is 7.02. The summed E-state index contributed by atoms with van der Waals surface area (Å²) in [4.78, 5) is 4.77. The first-order valence-corrected chi connectivity index (χ1v) is 7.39. The minimum atomic E-state index is 0.283. The number of halogens is 1. The second-order valence-electron chi connectivity index (χ2n) is 5.57. The van der Waals surface area contributed by atoms with Gasteiger partial charge in [-0.3, -0.25) is 0 Å². The van der Waals surface area contributed by atoms with E-state index in [-0.39, 0.29) is 6.04 Å². The normalized spacial score (nSPS) is 11.5. The van der Waals surface area contributed by atoms with Crippen molar-refractivity contribution in [3.05, 3.63) is 47.0 Å². The standard InChI is InChI=1S/C17H18ClN3/c1-10(2)21-15-8-7-12(18)9-14(15)20-17(21)13-6-4-5-11(3)16(13)19/h4-10H,19H2,1-3H3. The fourth-order valence-electron chi connectivity index (χ4n) is 2.66. The molecule has 1 heterocycles. The van der Waals surface area contributed by atoms with Crippen molar-refractivity contribution in [1.82, 2.24) is 9.55 Å². The van der Waals surface area contributed by atoms with Gasteiger partial charge in [0.15, 0.2) is 0 Å². The topological polar surface area (TPSA) is 43.8 Å². The van der Waals surface area contributed by atoms with Crippen LogP contribution in [0, 0.1) is 6.92 Å². The molecule has 2 aromatic carbocycles. The molecule has 0 radical (unpaired) electrons. The number of anilines is 1. The number of nitrogens with zero attached hydrogens (tertiary/aromatic N) is 2. The Balaban J connectivity index is 2.36. The zero-order chi connectivity index (χ0) is 15.1. The number of hydrogen-bond donors (Lipinski definition) is 1. The fraction of sp³-hybridized carbons (Fsp3) is 0.235. The van der Waals surface area contributed by atoms with Gasteiger partial charge in [0.2, 0.25) is 0 Å². The molecule has 0 saturated heterocycles. The van der Waals surface area contributed by atoms with Crippen molar-refractivity contribution in [3.63, 3.8) is 0 Å². The van der Waals surface area contributed by atoms with Gasteiger partial charge in [-0.2, -0.15) is 0 Å². The van der Waals surface area contributed by atoms with Gasteiger partial charge in [0.1, 0.15) is 5.82 Å². The molecular weight excluding hydrogens is 282 g/mol. The quantitative estimate of drug-likeness (QED) is 0.689. The molecule has 0 unspecified atom stereocenters. The Morgan fingerprint density at radius 1 is 1.19 bits per heavy atom. The third-order valence-electron chi connectivity index (χ3n) is 3.73. The zero-order valence-corrected chi connectivity index (χ0v) is 13.1. The van der Waals surface area contributed by atoms with Crippen LogP contribution in [0.5, 0.6) is 0 Å². The van der Waals surface area contributed by atoms with Gasteiger partial charge in [0.25, 0.3) is 0 Å². The van der Waals surface area contributed by atoms with Gasteiger partial charge in [-0.15, -0.1) is 0 Å². The Morgan fingerprint density at radius 2 is 1.95 bits per heavy atom. The molecule has 4 heteroatoms. The van der Waals surface area contributed by atoms with Crippen LogP contribution >= 0.6 is 11.6 Å². The van der Waals surface area contributed by atoms with Crippen LogP contribution in [0.2, 0.25) is 5.02 Å². The highest BCUT2D eigenvalue weighted by atomic mass is 35.5. The number of benzene rings is 2. The summed E-state index contributed by atoms with van der Waals surface area (Å²) in [5.74, 6) is 0.892. The second-order valence-corrected chi connectivity index (χ2v) is 6.00. The van der Waals surface area contributed by atoms with Gasteiger partial charge >= 0.3 is 0 Å². The van der Waals surface area contributed by atoms with Crippen LogP contribution < -0.4 is 5.73 Å². The van der Waals surface area contributed by atoms with Crippen LogP contribution in [0.4, 0.5) is 5.69 Å². The summed E-state index contributed by atoms with van der Waals surface area (Å²) >= 11 is 6.09. The van der Waals surface area contributed by atoms with Gasteiger partial charge in [-0.25, -0.2) is 4.98 Å². The molecule has 3 aromatic rings. The molecule has 0 atom stereocenters. The lowest BCUT2D eigenvalue weighted by Gasteiger charge is -2.15. The van der Waals surface area contributed by atoms with Crippen LogP contribution in [0.15, 0.2) is 36.4 Å². The highest BCUT2D eigenvalue weighted by Crippen LogP contribution is 2.33. The zero-order valence-electron chi connectivity index (χ0n) is 12.4. The van der Waals surface area contributed by atoms with Crippen LogP contribution in [0.3, 0.4) is 0 Å². The minimum absolute atomic E-state index is 0.283. The number of aryl methyl sites for hydroxylation is 1. The van der Waals surface area contributed by atoms with Crippen molar-refractivity contribution in [2.45, 2.75) is 26.8 Å². The third kappa shape index (κ3) is 2.28. The van der Waals surface area contributed by atoms with Crippen molar-refractivity contribution < 1.29 is 0 Å². The molecule has 3 nitrogen and oxygen atoms in total. The van der Waals surface area contributed by atoms with E-state index in [0.717, 1.165) is 33.7 Å². The SMILES string of the molecule is Cc1cccc(-c2nc3cc(Cl)ccc3n2C(C)C)c1N. The predicted molar refractivity (Wildman–Crippen MR) is 89.7 cm³/mol. The van der Waals surface area contributed by atoms with E-state index in [1.165, 1.54) is 0 Å². The number of para-hydroxylation sites is 1. The lowest BCUT2D eigenvalue weighted by molar-refractivity contribution is 0.624. The summed E-state index contributed by atoms with van der Waals surface area (Å²) in [6.07, 6.45) is 0.